The molecule has 1 aromatic rings. The SMILES string of the molecule is CN(CC1CC1)C(=O)NCc1nc(N)n[nH]1. The number of nitrogens with zero attached hydrogens (tertiary/aromatic N) is 3. The van der Waals surface area contributed by atoms with Gasteiger partial charge in [-0.15, -0.1) is 5.10 Å². The first-order valence-corrected chi connectivity index (χ1v) is 5.31. The lowest BCUT2D eigenvalue weighted by Crippen LogP contribution is -2.38. The van der Waals surface area contributed by atoms with Crippen LogP contribution in [0.15, 0.2) is 0 Å². The van der Waals surface area contributed by atoms with Crippen molar-refractivity contribution in [3.63, 3.8) is 0 Å². The Bertz CT molecular complexity index is 372. The van der Waals surface area contributed by atoms with Crippen molar-refractivity contribution in [2.45, 2.75) is 19.4 Å². The van der Waals surface area contributed by atoms with Crippen molar-refractivity contribution in [2.24, 2.45) is 5.92 Å². The maximum atomic E-state index is 11.6. The van der Waals surface area contributed by atoms with E-state index in [9.17, 15) is 4.79 Å². The third kappa shape index (κ3) is 2.85. The van der Waals surface area contributed by atoms with E-state index in [1.165, 1.54) is 12.8 Å². The third-order valence-corrected chi connectivity index (χ3v) is 2.53. The molecule has 16 heavy (non-hydrogen) atoms. The molecule has 0 saturated heterocycles. The number of carbonyl (C=O) groups is 1. The van der Waals surface area contributed by atoms with Crippen LogP contribution in [0.4, 0.5) is 10.7 Å². The highest BCUT2D eigenvalue weighted by Crippen LogP contribution is 2.29. The summed E-state index contributed by atoms with van der Waals surface area (Å²) in [5, 5.41) is 9.05. The fraction of sp³-hybridized carbons (Fsp3) is 0.667. The summed E-state index contributed by atoms with van der Waals surface area (Å²) < 4.78 is 0. The van der Waals surface area contributed by atoms with Crippen LogP contribution in [0.5, 0.6) is 0 Å². The van der Waals surface area contributed by atoms with E-state index >= 15 is 0 Å². The van der Waals surface area contributed by atoms with Crippen molar-refractivity contribution in [3.8, 4) is 0 Å². The van der Waals surface area contributed by atoms with Crippen LogP contribution in [0.2, 0.25) is 0 Å². The molecule has 1 saturated carbocycles. The van der Waals surface area contributed by atoms with E-state index in [0.717, 1.165) is 6.54 Å². The second-order valence-electron chi connectivity index (χ2n) is 4.12. The number of carbonyl (C=O) groups excluding carboxylic acids is 1. The van der Waals surface area contributed by atoms with Crippen LogP contribution in [-0.4, -0.2) is 39.7 Å². The molecular weight excluding hydrogens is 208 g/mol. The van der Waals surface area contributed by atoms with Crippen molar-refractivity contribution < 1.29 is 4.79 Å². The fourth-order valence-electron chi connectivity index (χ4n) is 1.45. The molecule has 2 amide bonds. The van der Waals surface area contributed by atoms with Crippen molar-refractivity contribution >= 4 is 12.0 Å². The number of H-pyrrole nitrogens is 1. The first-order chi connectivity index (χ1) is 7.65. The number of urea groups is 1. The van der Waals surface area contributed by atoms with E-state index in [4.69, 9.17) is 5.73 Å². The lowest BCUT2D eigenvalue weighted by Gasteiger charge is -2.16. The summed E-state index contributed by atoms with van der Waals surface area (Å²) in [6, 6.07) is -0.0955. The van der Waals surface area contributed by atoms with E-state index in [-0.39, 0.29) is 12.0 Å². The second-order valence-corrected chi connectivity index (χ2v) is 4.12. The van der Waals surface area contributed by atoms with E-state index in [0.29, 0.717) is 18.3 Å². The summed E-state index contributed by atoms with van der Waals surface area (Å²) >= 11 is 0. The molecule has 1 fully saturated rings. The van der Waals surface area contributed by atoms with E-state index in [1.54, 1.807) is 11.9 Å². The quantitative estimate of drug-likeness (QED) is 0.667. The summed E-state index contributed by atoms with van der Waals surface area (Å²) in [7, 11) is 1.79. The number of aromatic amines is 1. The Morgan fingerprint density at radius 2 is 2.44 bits per heavy atom. The molecule has 4 N–H and O–H groups in total. The number of nitrogens with two attached hydrogens (primary N) is 1. The molecule has 88 valence electrons. The predicted octanol–water partition coefficient (Wildman–Crippen LogP) is -0.0617. The third-order valence-electron chi connectivity index (χ3n) is 2.53. The largest absolute Gasteiger partial charge is 0.367 e. The highest BCUT2D eigenvalue weighted by atomic mass is 16.2. The van der Waals surface area contributed by atoms with Crippen LogP contribution in [-0.2, 0) is 6.54 Å². The lowest BCUT2D eigenvalue weighted by molar-refractivity contribution is 0.206. The van der Waals surface area contributed by atoms with Gasteiger partial charge in [0.1, 0.15) is 5.82 Å². The number of rotatable bonds is 4. The molecular formula is C9H16N6O. The molecule has 1 aromatic heterocycles. The molecule has 0 unspecified atom stereocenters. The van der Waals surface area contributed by atoms with Crippen molar-refractivity contribution in [3.05, 3.63) is 5.82 Å². The molecule has 0 aromatic carbocycles. The van der Waals surface area contributed by atoms with Gasteiger partial charge in [0.15, 0.2) is 0 Å². The molecule has 7 nitrogen and oxygen atoms in total. The number of nitrogen functional groups attached to an aromatic ring is 1. The first-order valence-electron chi connectivity index (χ1n) is 5.31. The minimum atomic E-state index is -0.0955. The molecule has 2 rings (SSSR count). The van der Waals surface area contributed by atoms with Crippen molar-refractivity contribution in [2.75, 3.05) is 19.3 Å². The number of anilines is 1. The first kappa shape index (κ1) is 10.7. The Balaban J connectivity index is 1.73. The van der Waals surface area contributed by atoms with Gasteiger partial charge in [-0.2, -0.15) is 4.98 Å². The normalized spacial score (nSPS) is 14.8. The van der Waals surface area contributed by atoms with E-state index in [1.807, 2.05) is 0 Å². The van der Waals surface area contributed by atoms with E-state index < -0.39 is 0 Å². The molecule has 0 radical (unpaired) electrons. The summed E-state index contributed by atoms with van der Waals surface area (Å²) in [5.74, 6) is 1.44. The van der Waals surface area contributed by atoms with Crippen molar-refractivity contribution in [1.82, 2.24) is 25.4 Å². The number of nitrogens with one attached hydrogen (secondary N) is 2. The smallest absolute Gasteiger partial charge is 0.317 e. The van der Waals surface area contributed by atoms with Gasteiger partial charge >= 0.3 is 6.03 Å². The summed E-state index contributed by atoms with van der Waals surface area (Å²) in [5.41, 5.74) is 5.34. The number of aromatic nitrogens is 3. The molecule has 1 aliphatic rings. The summed E-state index contributed by atoms with van der Waals surface area (Å²) in [6.07, 6.45) is 2.46. The van der Waals surface area contributed by atoms with Crippen LogP contribution in [0.3, 0.4) is 0 Å². The molecule has 1 heterocycles. The lowest BCUT2D eigenvalue weighted by atomic mass is 10.4. The fourth-order valence-corrected chi connectivity index (χ4v) is 1.45. The zero-order valence-electron chi connectivity index (χ0n) is 9.23. The van der Waals surface area contributed by atoms with E-state index in [2.05, 4.69) is 20.5 Å². The topological polar surface area (TPSA) is 99.9 Å². The van der Waals surface area contributed by atoms with Gasteiger partial charge in [-0.3, -0.25) is 5.10 Å². The Morgan fingerprint density at radius 3 is 3.00 bits per heavy atom. The maximum Gasteiger partial charge on any atom is 0.317 e. The molecule has 7 heteroatoms. The van der Waals surface area contributed by atoms with Gasteiger partial charge in [0.25, 0.3) is 0 Å². The zero-order chi connectivity index (χ0) is 11.5. The van der Waals surface area contributed by atoms with Gasteiger partial charge in [-0.05, 0) is 18.8 Å². The standard InChI is InChI=1S/C9H16N6O/c1-15(5-6-2-3-6)9(16)11-4-7-12-8(10)14-13-7/h6H,2-5H2,1H3,(H,11,16)(H3,10,12,13,14). The van der Waals surface area contributed by atoms with Crippen LogP contribution in [0, 0.1) is 5.92 Å². The molecule has 0 spiro atoms. The van der Waals surface area contributed by atoms with Gasteiger partial charge in [0.2, 0.25) is 5.95 Å². The van der Waals surface area contributed by atoms with Gasteiger partial charge in [0, 0.05) is 13.6 Å². The van der Waals surface area contributed by atoms with Crippen molar-refractivity contribution in [1.29, 1.82) is 0 Å². The minimum absolute atomic E-state index is 0.0955. The Kier molecular flexibility index (Phi) is 2.93. The second kappa shape index (κ2) is 4.38. The maximum absolute atomic E-state index is 11.6. The average molecular weight is 224 g/mol. The summed E-state index contributed by atoms with van der Waals surface area (Å²) in [6.45, 7) is 1.14. The predicted molar refractivity (Wildman–Crippen MR) is 58.4 cm³/mol. The molecule has 1 aliphatic carbocycles. The number of hydrogen-bond donors (Lipinski definition) is 3. The van der Waals surface area contributed by atoms with Crippen LogP contribution < -0.4 is 11.1 Å². The average Bonchev–Trinajstić information content (AvgIpc) is 2.96. The highest BCUT2D eigenvalue weighted by molar-refractivity contribution is 5.73. The zero-order valence-corrected chi connectivity index (χ0v) is 9.23. The molecule has 0 atom stereocenters. The summed E-state index contributed by atoms with van der Waals surface area (Å²) in [4.78, 5) is 17.2. The van der Waals surface area contributed by atoms with Gasteiger partial charge in [0.05, 0.1) is 6.54 Å². The Hall–Kier alpha value is -1.79. The number of hydrogen-bond acceptors (Lipinski definition) is 4. The van der Waals surface area contributed by atoms with Gasteiger partial charge in [-0.1, -0.05) is 0 Å². The Labute approximate surface area is 93.4 Å². The van der Waals surface area contributed by atoms with Gasteiger partial charge < -0.3 is 16.0 Å². The van der Waals surface area contributed by atoms with Crippen LogP contribution in [0.1, 0.15) is 18.7 Å². The Morgan fingerprint density at radius 1 is 1.69 bits per heavy atom. The molecule has 0 bridgehead atoms. The highest BCUT2D eigenvalue weighted by Gasteiger charge is 2.24. The van der Waals surface area contributed by atoms with Crippen LogP contribution in [0.25, 0.3) is 0 Å². The number of amides is 2. The minimum Gasteiger partial charge on any atom is -0.367 e. The van der Waals surface area contributed by atoms with Crippen LogP contribution >= 0.6 is 0 Å². The monoisotopic (exact) mass is 224 g/mol. The van der Waals surface area contributed by atoms with Gasteiger partial charge in [-0.25, -0.2) is 4.79 Å². The molecule has 0 aliphatic heterocycles.